The molecule has 0 spiro atoms. The van der Waals surface area contributed by atoms with E-state index in [9.17, 15) is 0 Å². The highest BCUT2D eigenvalue weighted by molar-refractivity contribution is 6.64. The van der Waals surface area contributed by atoms with Crippen molar-refractivity contribution in [3.63, 3.8) is 0 Å². The molecule has 0 radical (unpaired) electrons. The fourth-order valence-corrected chi connectivity index (χ4v) is 4.59. The summed E-state index contributed by atoms with van der Waals surface area (Å²) in [6.07, 6.45) is 3.50. The minimum Gasteiger partial charge on any atom is -0.399 e. The normalized spacial score (nSPS) is 20.9. The Labute approximate surface area is 170 Å². The average Bonchev–Trinajstić information content (AvgIpc) is 3.00. The number of unbranched alkanes of at least 4 members (excludes halogenated alkanes) is 1. The molecule has 0 bridgehead atoms. The predicted molar refractivity (Wildman–Crippen MR) is 118 cm³/mol. The van der Waals surface area contributed by atoms with Gasteiger partial charge in [0.1, 0.15) is 0 Å². The van der Waals surface area contributed by atoms with E-state index in [1.165, 1.54) is 46.1 Å². The minimum absolute atomic E-state index is 0.00740. The number of benzene rings is 2. The highest BCUT2D eigenvalue weighted by Crippen LogP contribution is 2.49. The summed E-state index contributed by atoms with van der Waals surface area (Å²) in [5, 5.41) is 0. The van der Waals surface area contributed by atoms with Crippen LogP contribution < -0.4 is 5.46 Å². The predicted octanol–water partition coefficient (Wildman–Crippen LogP) is 5.63. The molecule has 0 atom stereocenters. The van der Waals surface area contributed by atoms with Gasteiger partial charge in [-0.1, -0.05) is 63.6 Å². The van der Waals surface area contributed by atoms with Gasteiger partial charge in [0, 0.05) is 5.41 Å². The lowest BCUT2D eigenvalue weighted by molar-refractivity contribution is 0.00578. The van der Waals surface area contributed by atoms with Gasteiger partial charge in [0.25, 0.3) is 0 Å². The molecule has 28 heavy (non-hydrogen) atoms. The Bertz CT molecular complexity index is 895. The van der Waals surface area contributed by atoms with Crippen LogP contribution in [0.2, 0.25) is 0 Å². The molecule has 0 unspecified atom stereocenters. The van der Waals surface area contributed by atoms with Gasteiger partial charge in [-0.2, -0.15) is 0 Å². The molecule has 1 aliphatic carbocycles. The zero-order valence-electron chi connectivity index (χ0n) is 18.5. The van der Waals surface area contributed by atoms with Gasteiger partial charge < -0.3 is 9.31 Å². The second-order valence-corrected chi connectivity index (χ2v) is 9.97. The van der Waals surface area contributed by atoms with Crippen molar-refractivity contribution in [2.75, 3.05) is 0 Å². The van der Waals surface area contributed by atoms with E-state index in [2.05, 4.69) is 84.9 Å². The van der Waals surface area contributed by atoms with Gasteiger partial charge in [-0.05, 0) is 73.8 Å². The van der Waals surface area contributed by atoms with Crippen molar-refractivity contribution in [3.8, 4) is 11.1 Å². The number of aryl methyl sites for hydroxylation is 1. The van der Waals surface area contributed by atoms with Crippen LogP contribution >= 0.6 is 0 Å². The van der Waals surface area contributed by atoms with Crippen LogP contribution in [0.3, 0.4) is 0 Å². The zero-order chi connectivity index (χ0) is 20.3. The summed E-state index contributed by atoms with van der Waals surface area (Å²) >= 11 is 0. The molecule has 1 saturated heterocycles. The van der Waals surface area contributed by atoms with Gasteiger partial charge >= 0.3 is 7.12 Å². The van der Waals surface area contributed by atoms with Gasteiger partial charge in [0.05, 0.1) is 11.2 Å². The lowest BCUT2D eigenvalue weighted by atomic mass is 9.71. The molecule has 0 N–H and O–H groups in total. The molecular formula is C25H33BO2. The molecular weight excluding hydrogens is 343 g/mol. The van der Waals surface area contributed by atoms with E-state index < -0.39 is 0 Å². The van der Waals surface area contributed by atoms with E-state index in [1.807, 2.05) is 0 Å². The maximum atomic E-state index is 6.50. The summed E-state index contributed by atoms with van der Waals surface area (Å²) < 4.78 is 13.0. The second kappa shape index (κ2) is 6.47. The first-order chi connectivity index (χ1) is 13.1. The molecule has 1 aliphatic heterocycles. The van der Waals surface area contributed by atoms with E-state index in [0.717, 1.165) is 6.42 Å². The number of fused-ring (bicyclic) bond motifs is 3. The molecule has 2 aromatic rings. The fourth-order valence-electron chi connectivity index (χ4n) is 4.59. The quantitative estimate of drug-likeness (QED) is 0.644. The molecule has 2 nitrogen and oxygen atoms in total. The SMILES string of the molecule is CCCCc1cc(B2OC(C)(C)C(C)(C)O2)c2c(c1)C(C)(C)c1ccccc1-2. The largest absolute Gasteiger partial charge is 0.495 e. The Balaban J connectivity index is 1.91. The molecule has 3 heteroatoms. The van der Waals surface area contributed by atoms with Crippen molar-refractivity contribution in [3.05, 3.63) is 53.1 Å². The molecule has 0 amide bonds. The van der Waals surface area contributed by atoms with Gasteiger partial charge in [0.2, 0.25) is 0 Å². The summed E-state index contributed by atoms with van der Waals surface area (Å²) in [4.78, 5) is 0. The molecule has 1 fully saturated rings. The minimum atomic E-state index is -0.336. The van der Waals surface area contributed by atoms with Crippen molar-refractivity contribution in [2.45, 2.75) is 84.3 Å². The highest BCUT2D eigenvalue weighted by atomic mass is 16.7. The Hall–Kier alpha value is -1.58. The number of hydrogen-bond donors (Lipinski definition) is 0. The van der Waals surface area contributed by atoms with E-state index in [-0.39, 0.29) is 23.7 Å². The molecule has 148 valence electrons. The summed E-state index contributed by atoms with van der Waals surface area (Å²) in [6.45, 7) is 15.5. The maximum Gasteiger partial charge on any atom is 0.495 e. The molecule has 0 saturated carbocycles. The lowest BCUT2D eigenvalue weighted by Crippen LogP contribution is -2.41. The van der Waals surface area contributed by atoms with Gasteiger partial charge in [0.15, 0.2) is 0 Å². The smallest absolute Gasteiger partial charge is 0.399 e. The highest BCUT2D eigenvalue weighted by Gasteiger charge is 2.53. The number of rotatable bonds is 4. The van der Waals surface area contributed by atoms with Crippen LogP contribution in [-0.2, 0) is 21.1 Å². The third-order valence-corrected chi connectivity index (χ3v) is 7.10. The van der Waals surface area contributed by atoms with Gasteiger partial charge in [-0.15, -0.1) is 0 Å². The third-order valence-electron chi connectivity index (χ3n) is 7.10. The summed E-state index contributed by atoms with van der Waals surface area (Å²) in [6, 6.07) is 13.6. The molecule has 2 aliphatic rings. The van der Waals surface area contributed by atoms with Gasteiger partial charge in [-0.3, -0.25) is 0 Å². The monoisotopic (exact) mass is 376 g/mol. The van der Waals surface area contributed by atoms with E-state index >= 15 is 0 Å². The standard InChI is InChI=1S/C25H33BO2/c1-8-9-12-17-15-20-22(18-13-10-11-14-19(18)23(20,2)3)21(16-17)26-27-24(4,5)25(6,7)28-26/h10-11,13-16H,8-9,12H2,1-7H3. The van der Waals surface area contributed by atoms with Crippen LogP contribution in [0.25, 0.3) is 11.1 Å². The topological polar surface area (TPSA) is 18.5 Å². The maximum absolute atomic E-state index is 6.50. The lowest BCUT2D eigenvalue weighted by Gasteiger charge is -2.32. The summed E-state index contributed by atoms with van der Waals surface area (Å²) in [5.41, 5.74) is 7.37. The first kappa shape index (κ1) is 19.7. The Morgan fingerprint density at radius 1 is 0.857 bits per heavy atom. The van der Waals surface area contributed by atoms with E-state index in [1.54, 1.807) is 0 Å². The molecule has 1 heterocycles. The van der Waals surface area contributed by atoms with Crippen LogP contribution in [0.5, 0.6) is 0 Å². The van der Waals surface area contributed by atoms with Crippen LogP contribution in [0.15, 0.2) is 36.4 Å². The average molecular weight is 376 g/mol. The van der Waals surface area contributed by atoms with Crippen LogP contribution in [-0.4, -0.2) is 18.3 Å². The third kappa shape index (κ3) is 2.86. The van der Waals surface area contributed by atoms with Crippen molar-refractivity contribution in [1.82, 2.24) is 0 Å². The summed E-state index contributed by atoms with van der Waals surface area (Å²) in [5.74, 6) is 0. The van der Waals surface area contributed by atoms with Crippen LogP contribution in [0.1, 0.15) is 78.0 Å². The van der Waals surface area contributed by atoms with Crippen LogP contribution in [0, 0.1) is 0 Å². The van der Waals surface area contributed by atoms with Crippen molar-refractivity contribution < 1.29 is 9.31 Å². The molecule has 4 rings (SSSR count). The van der Waals surface area contributed by atoms with Crippen LogP contribution in [0.4, 0.5) is 0 Å². The molecule has 2 aromatic carbocycles. The number of hydrogen-bond acceptors (Lipinski definition) is 2. The Morgan fingerprint density at radius 3 is 2.14 bits per heavy atom. The second-order valence-electron chi connectivity index (χ2n) is 9.97. The summed E-state index contributed by atoms with van der Waals surface area (Å²) in [7, 11) is -0.331. The Morgan fingerprint density at radius 2 is 1.50 bits per heavy atom. The van der Waals surface area contributed by atoms with E-state index in [4.69, 9.17) is 9.31 Å². The van der Waals surface area contributed by atoms with Crippen molar-refractivity contribution >= 4 is 12.6 Å². The first-order valence-corrected chi connectivity index (χ1v) is 10.7. The van der Waals surface area contributed by atoms with Gasteiger partial charge in [-0.25, -0.2) is 0 Å². The fraction of sp³-hybridized carbons (Fsp3) is 0.520. The Kier molecular flexibility index (Phi) is 4.56. The van der Waals surface area contributed by atoms with E-state index in [0.29, 0.717) is 0 Å². The van der Waals surface area contributed by atoms with Crippen molar-refractivity contribution in [2.24, 2.45) is 0 Å². The van der Waals surface area contributed by atoms with Crippen molar-refractivity contribution in [1.29, 1.82) is 0 Å². The zero-order valence-corrected chi connectivity index (χ0v) is 18.5. The molecule has 0 aromatic heterocycles. The first-order valence-electron chi connectivity index (χ1n) is 10.7.